The number of hydrogen-bond donors (Lipinski definition) is 1. The lowest BCUT2D eigenvalue weighted by Gasteiger charge is -2.38. The Morgan fingerprint density at radius 2 is 1.68 bits per heavy atom. The summed E-state index contributed by atoms with van der Waals surface area (Å²) in [5, 5.41) is 8.90. The number of aliphatic hydroxyl groups excluding tert-OH is 1. The molecular weight excluding hydrogens is 354 g/mol. The Morgan fingerprint density at radius 3 is 2.36 bits per heavy atom. The Kier molecular flexibility index (Phi) is 8.58. The Bertz CT molecular complexity index is 568. The second kappa shape index (κ2) is 11.4. The second-order valence-corrected chi connectivity index (χ2v) is 8.04. The van der Waals surface area contributed by atoms with Crippen molar-refractivity contribution in [2.45, 2.75) is 32.3 Å². The maximum Gasteiger partial charge on any atom is 0.410 e. The van der Waals surface area contributed by atoms with E-state index in [2.05, 4.69) is 9.80 Å². The number of aliphatic hydroxyl groups is 1. The number of unbranched alkanes of at least 4 members (excludes halogenated alkanes) is 1. The van der Waals surface area contributed by atoms with Crippen molar-refractivity contribution in [2.75, 3.05) is 59.0 Å². The van der Waals surface area contributed by atoms with Crippen LogP contribution >= 0.6 is 0 Å². The van der Waals surface area contributed by atoms with Gasteiger partial charge in [0.15, 0.2) is 0 Å². The normalized spacial score (nSPS) is 19.7. The third-order valence-electron chi connectivity index (χ3n) is 5.94. The fraction of sp³-hybridized carbons (Fsp3) is 0.682. The molecule has 0 bridgehead atoms. The summed E-state index contributed by atoms with van der Waals surface area (Å²) in [6, 6.07) is 9.83. The van der Waals surface area contributed by atoms with Crippen LogP contribution in [0.3, 0.4) is 0 Å². The molecule has 156 valence electrons. The van der Waals surface area contributed by atoms with Crippen molar-refractivity contribution in [3.05, 3.63) is 35.9 Å². The smallest absolute Gasteiger partial charge is 0.410 e. The molecule has 2 fully saturated rings. The number of benzene rings is 1. The molecule has 0 radical (unpaired) electrons. The van der Waals surface area contributed by atoms with Crippen LogP contribution in [0.1, 0.15) is 31.2 Å². The largest absolute Gasteiger partial charge is 0.445 e. The lowest BCUT2D eigenvalue weighted by atomic mass is 9.95. The molecule has 1 aromatic carbocycles. The number of carbonyl (C=O) groups is 1. The molecule has 3 rings (SSSR count). The van der Waals surface area contributed by atoms with Crippen LogP contribution in [-0.2, 0) is 11.3 Å². The zero-order valence-corrected chi connectivity index (χ0v) is 17.0. The van der Waals surface area contributed by atoms with E-state index in [0.29, 0.717) is 13.2 Å². The van der Waals surface area contributed by atoms with E-state index in [-0.39, 0.29) is 6.09 Å². The van der Waals surface area contributed by atoms with Crippen molar-refractivity contribution in [1.82, 2.24) is 14.7 Å². The molecule has 6 heteroatoms. The SMILES string of the molecule is O=C(OCc1ccccc1)N1CCN(CC2CCN(CCCCO)CC2)CC1. The van der Waals surface area contributed by atoms with Gasteiger partial charge in [-0.05, 0) is 56.8 Å². The average Bonchev–Trinajstić information content (AvgIpc) is 2.75. The first-order valence-corrected chi connectivity index (χ1v) is 10.8. The molecule has 28 heavy (non-hydrogen) atoms. The third-order valence-corrected chi connectivity index (χ3v) is 5.94. The number of hydrogen-bond acceptors (Lipinski definition) is 5. The minimum atomic E-state index is -0.195. The number of carbonyl (C=O) groups excluding carboxylic acids is 1. The predicted octanol–water partition coefficient (Wildman–Crippen LogP) is 2.43. The summed E-state index contributed by atoms with van der Waals surface area (Å²) in [5.74, 6) is 0.769. The Hall–Kier alpha value is -1.63. The Morgan fingerprint density at radius 1 is 0.964 bits per heavy atom. The third kappa shape index (κ3) is 6.76. The van der Waals surface area contributed by atoms with E-state index < -0.39 is 0 Å². The topological polar surface area (TPSA) is 56.2 Å². The van der Waals surface area contributed by atoms with Crippen LogP contribution in [0.2, 0.25) is 0 Å². The lowest BCUT2D eigenvalue weighted by Crippen LogP contribution is -2.50. The van der Waals surface area contributed by atoms with E-state index in [4.69, 9.17) is 9.84 Å². The van der Waals surface area contributed by atoms with Gasteiger partial charge in [0.25, 0.3) is 0 Å². The van der Waals surface area contributed by atoms with Gasteiger partial charge >= 0.3 is 6.09 Å². The summed E-state index contributed by atoms with van der Waals surface area (Å²) in [4.78, 5) is 19.2. The summed E-state index contributed by atoms with van der Waals surface area (Å²) in [6.45, 7) is 8.69. The van der Waals surface area contributed by atoms with Crippen molar-refractivity contribution in [3.8, 4) is 0 Å². The molecule has 2 aliphatic rings. The molecule has 0 aliphatic carbocycles. The molecule has 1 aromatic rings. The highest BCUT2D eigenvalue weighted by molar-refractivity contribution is 5.67. The Labute approximate surface area is 169 Å². The van der Waals surface area contributed by atoms with E-state index in [1.807, 2.05) is 35.2 Å². The quantitative estimate of drug-likeness (QED) is 0.692. The molecule has 1 amide bonds. The number of piperazine rings is 1. The van der Waals surface area contributed by atoms with E-state index in [1.54, 1.807) is 0 Å². The number of likely N-dealkylation sites (tertiary alicyclic amines) is 1. The van der Waals surface area contributed by atoms with Crippen molar-refractivity contribution in [1.29, 1.82) is 0 Å². The molecule has 0 aromatic heterocycles. The number of ether oxygens (including phenoxy) is 1. The van der Waals surface area contributed by atoms with Crippen LogP contribution in [-0.4, -0.2) is 84.9 Å². The molecule has 2 saturated heterocycles. The summed E-state index contributed by atoms with van der Waals surface area (Å²) >= 11 is 0. The molecule has 2 aliphatic heterocycles. The highest BCUT2D eigenvalue weighted by atomic mass is 16.6. The molecular formula is C22H35N3O3. The van der Waals surface area contributed by atoms with E-state index in [1.165, 1.54) is 25.9 Å². The van der Waals surface area contributed by atoms with Crippen LogP contribution in [0.15, 0.2) is 30.3 Å². The molecule has 6 nitrogen and oxygen atoms in total. The van der Waals surface area contributed by atoms with Crippen LogP contribution < -0.4 is 0 Å². The van der Waals surface area contributed by atoms with Crippen LogP contribution in [0.25, 0.3) is 0 Å². The maximum absolute atomic E-state index is 12.3. The Balaban J connectivity index is 1.29. The second-order valence-electron chi connectivity index (χ2n) is 8.04. The highest BCUT2D eigenvalue weighted by Gasteiger charge is 2.26. The summed E-state index contributed by atoms with van der Waals surface area (Å²) < 4.78 is 5.45. The van der Waals surface area contributed by atoms with Crippen LogP contribution in [0.5, 0.6) is 0 Å². The number of piperidine rings is 1. The van der Waals surface area contributed by atoms with Crippen molar-refractivity contribution in [3.63, 3.8) is 0 Å². The van der Waals surface area contributed by atoms with Gasteiger partial charge in [-0.3, -0.25) is 4.90 Å². The molecule has 0 unspecified atom stereocenters. The van der Waals surface area contributed by atoms with Gasteiger partial charge in [0, 0.05) is 39.3 Å². The minimum Gasteiger partial charge on any atom is -0.445 e. The predicted molar refractivity (Wildman–Crippen MR) is 110 cm³/mol. The monoisotopic (exact) mass is 389 g/mol. The first kappa shape index (κ1) is 21.1. The first-order valence-electron chi connectivity index (χ1n) is 10.8. The van der Waals surface area contributed by atoms with E-state index in [9.17, 15) is 4.79 Å². The van der Waals surface area contributed by atoms with Gasteiger partial charge in [0.1, 0.15) is 6.61 Å². The van der Waals surface area contributed by atoms with Gasteiger partial charge < -0.3 is 19.6 Å². The highest BCUT2D eigenvalue weighted by Crippen LogP contribution is 2.19. The van der Waals surface area contributed by atoms with Gasteiger partial charge in [-0.1, -0.05) is 30.3 Å². The van der Waals surface area contributed by atoms with E-state index in [0.717, 1.165) is 63.6 Å². The molecule has 0 spiro atoms. The van der Waals surface area contributed by atoms with Crippen LogP contribution in [0, 0.1) is 5.92 Å². The molecule has 0 atom stereocenters. The van der Waals surface area contributed by atoms with Crippen molar-refractivity contribution >= 4 is 6.09 Å². The number of amides is 1. The van der Waals surface area contributed by atoms with Crippen molar-refractivity contribution in [2.24, 2.45) is 5.92 Å². The standard InChI is InChI=1S/C22H35N3O3/c26-17-5-4-10-23-11-8-20(9-12-23)18-24-13-15-25(16-14-24)22(27)28-19-21-6-2-1-3-7-21/h1-3,6-7,20,26H,4-5,8-19H2. The van der Waals surface area contributed by atoms with Crippen molar-refractivity contribution < 1.29 is 14.6 Å². The van der Waals surface area contributed by atoms with Gasteiger partial charge in [-0.2, -0.15) is 0 Å². The fourth-order valence-corrected chi connectivity index (χ4v) is 4.13. The van der Waals surface area contributed by atoms with E-state index >= 15 is 0 Å². The average molecular weight is 390 g/mol. The number of rotatable bonds is 8. The molecule has 0 saturated carbocycles. The van der Waals surface area contributed by atoms with Gasteiger partial charge in [0.2, 0.25) is 0 Å². The summed E-state index contributed by atoms with van der Waals surface area (Å²) in [6.07, 6.45) is 4.35. The molecule has 1 N–H and O–H groups in total. The summed E-state index contributed by atoms with van der Waals surface area (Å²) in [5.41, 5.74) is 1.03. The lowest BCUT2D eigenvalue weighted by molar-refractivity contribution is 0.0625. The minimum absolute atomic E-state index is 0.195. The fourth-order valence-electron chi connectivity index (χ4n) is 4.13. The number of nitrogens with zero attached hydrogens (tertiary/aromatic N) is 3. The van der Waals surface area contributed by atoms with Gasteiger partial charge in [-0.25, -0.2) is 4.79 Å². The first-order chi connectivity index (χ1) is 13.7. The molecule has 2 heterocycles. The zero-order chi connectivity index (χ0) is 19.6. The zero-order valence-electron chi connectivity index (χ0n) is 17.0. The van der Waals surface area contributed by atoms with Gasteiger partial charge in [0.05, 0.1) is 0 Å². The maximum atomic E-state index is 12.3. The van der Waals surface area contributed by atoms with Gasteiger partial charge in [-0.15, -0.1) is 0 Å². The van der Waals surface area contributed by atoms with Crippen LogP contribution in [0.4, 0.5) is 4.79 Å². The summed E-state index contributed by atoms with van der Waals surface area (Å²) in [7, 11) is 0.